The zero-order valence-corrected chi connectivity index (χ0v) is 15.0. The van der Waals surface area contributed by atoms with Crippen molar-refractivity contribution in [3.8, 4) is 22.6 Å². The minimum absolute atomic E-state index is 0.101. The van der Waals surface area contributed by atoms with Crippen LogP contribution in [0.5, 0.6) is 5.75 Å². The maximum Gasteiger partial charge on any atom is 0.573 e. The van der Waals surface area contributed by atoms with Crippen LogP contribution in [0.2, 0.25) is 5.02 Å². The van der Waals surface area contributed by atoms with Crippen LogP contribution in [-0.2, 0) is 6.54 Å². The fourth-order valence-electron chi connectivity index (χ4n) is 2.60. The van der Waals surface area contributed by atoms with Gasteiger partial charge in [0.05, 0.1) is 16.9 Å². The summed E-state index contributed by atoms with van der Waals surface area (Å²) in [5, 5.41) is 4.35. The second-order valence-electron chi connectivity index (χ2n) is 5.78. The maximum absolute atomic E-state index is 12.3. The molecule has 0 atom stereocenters. The lowest BCUT2D eigenvalue weighted by Gasteiger charge is -2.10. The Morgan fingerprint density at radius 3 is 2.63 bits per heavy atom. The molecule has 1 aromatic carbocycles. The van der Waals surface area contributed by atoms with Crippen LogP contribution in [0.15, 0.2) is 53.7 Å². The van der Waals surface area contributed by atoms with E-state index in [2.05, 4.69) is 9.84 Å². The van der Waals surface area contributed by atoms with Gasteiger partial charge >= 0.3 is 6.36 Å². The van der Waals surface area contributed by atoms with Crippen molar-refractivity contribution in [3.05, 3.63) is 64.3 Å². The predicted octanol–water partition coefficient (Wildman–Crippen LogP) is 4.66. The summed E-state index contributed by atoms with van der Waals surface area (Å²) in [5.41, 5.74) is 1.71. The van der Waals surface area contributed by atoms with Gasteiger partial charge in [0.1, 0.15) is 5.75 Å². The summed E-state index contributed by atoms with van der Waals surface area (Å²) in [5.74, 6) is -0.393. The Kier molecular flexibility index (Phi) is 5.27. The topological polar surface area (TPSA) is 49.0 Å². The largest absolute Gasteiger partial charge is 0.573 e. The molecule has 9 heteroatoms. The second kappa shape index (κ2) is 7.48. The van der Waals surface area contributed by atoms with Crippen LogP contribution in [-0.4, -0.2) is 20.7 Å². The SMILES string of the molecule is CCCn1cc(-n2cc(-c3ccc(OC(F)(F)F)cc3Cl)cn2)ccc1=O. The summed E-state index contributed by atoms with van der Waals surface area (Å²) >= 11 is 6.11. The molecule has 0 fully saturated rings. The summed E-state index contributed by atoms with van der Waals surface area (Å²) in [7, 11) is 0. The molecular weight excluding hydrogens is 383 g/mol. The van der Waals surface area contributed by atoms with E-state index in [9.17, 15) is 18.0 Å². The third kappa shape index (κ3) is 4.51. The molecule has 0 radical (unpaired) electrons. The van der Waals surface area contributed by atoms with Gasteiger partial charge in [-0.05, 0) is 30.7 Å². The minimum Gasteiger partial charge on any atom is -0.406 e. The third-order valence-corrected chi connectivity index (χ3v) is 4.08. The van der Waals surface area contributed by atoms with Crippen LogP contribution in [0.3, 0.4) is 0 Å². The molecule has 27 heavy (non-hydrogen) atoms. The molecule has 5 nitrogen and oxygen atoms in total. The summed E-state index contributed by atoms with van der Waals surface area (Å²) in [6.45, 7) is 2.56. The van der Waals surface area contributed by atoms with Gasteiger partial charge in [0.2, 0.25) is 0 Å². The summed E-state index contributed by atoms with van der Waals surface area (Å²) in [4.78, 5) is 11.8. The van der Waals surface area contributed by atoms with E-state index >= 15 is 0 Å². The van der Waals surface area contributed by atoms with Gasteiger partial charge in [-0.1, -0.05) is 18.5 Å². The maximum atomic E-state index is 12.3. The lowest BCUT2D eigenvalue weighted by Crippen LogP contribution is -2.19. The Morgan fingerprint density at radius 1 is 1.19 bits per heavy atom. The van der Waals surface area contributed by atoms with Crippen LogP contribution in [0.1, 0.15) is 13.3 Å². The Morgan fingerprint density at radius 2 is 1.96 bits per heavy atom. The van der Waals surface area contributed by atoms with Gasteiger partial charge in [-0.3, -0.25) is 4.79 Å². The lowest BCUT2D eigenvalue weighted by atomic mass is 10.1. The Hall–Kier alpha value is -2.74. The van der Waals surface area contributed by atoms with Gasteiger partial charge in [-0.25, -0.2) is 4.68 Å². The molecule has 0 N–H and O–H groups in total. The first-order chi connectivity index (χ1) is 12.8. The number of alkyl halides is 3. The van der Waals surface area contributed by atoms with Gasteiger partial charge in [-0.15, -0.1) is 13.2 Å². The van der Waals surface area contributed by atoms with E-state index in [0.717, 1.165) is 12.5 Å². The lowest BCUT2D eigenvalue weighted by molar-refractivity contribution is -0.274. The number of aryl methyl sites for hydroxylation is 1. The first-order valence-electron chi connectivity index (χ1n) is 8.08. The van der Waals surface area contributed by atoms with E-state index in [4.69, 9.17) is 11.6 Å². The van der Waals surface area contributed by atoms with Crippen molar-refractivity contribution >= 4 is 11.6 Å². The van der Waals surface area contributed by atoms with Gasteiger partial charge in [0.15, 0.2) is 0 Å². The molecule has 0 saturated carbocycles. The van der Waals surface area contributed by atoms with Crippen molar-refractivity contribution in [2.45, 2.75) is 26.3 Å². The van der Waals surface area contributed by atoms with E-state index in [1.54, 1.807) is 33.9 Å². The van der Waals surface area contributed by atoms with E-state index < -0.39 is 12.1 Å². The smallest absolute Gasteiger partial charge is 0.406 e. The molecule has 3 aromatic rings. The molecule has 142 valence electrons. The number of hydrogen-bond acceptors (Lipinski definition) is 3. The van der Waals surface area contributed by atoms with Crippen LogP contribution >= 0.6 is 11.6 Å². The zero-order chi connectivity index (χ0) is 19.6. The average Bonchev–Trinajstić information content (AvgIpc) is 3.05. The number of nitrogens with zero attached hydrogens (tertiary/aromatic N) is 3. The number of pyridine rings is 1. The standard InChI is InChI=1S/C18H15ClF3N3O2/c1-2-7-24-11-13(3-6-17(24)26)25-10-12(9-23-25)15-5-4-14(8-16(15)19)27-18(20,21)22/h3-6,8-11H,2,7H2,1H3. The molecule has 0 bridgehead atoms. The summed E-state index contributed by atoms with van der Waals surface area (Å²) < 4.78 is 43.9. The van der Waals surface area contributed by atoms with E-state index in [1.165, 1.54) is 18.2 Å². The third-order valence-electron chi connectivity index (χ3n) is 3.76. The molecule has 0 unspecified atom stereocenters. The van der Waals surface area contributed by atoms with Crippen molar-refractivity contribution in [1.29, 1.82) is 0 Å². The second-order valence-corrected chi connectivity index (χ2v) is 6.19. The minimum atomic E-state index is -4.78. The van der Waals surface area contributed by atoms with Gasteiger partial charge in [-0.2, -0.15) is 5.10 Å². The number of hydrogen-bond donors (Lipinski definition) is 0. The molecule has 0 spiro atoms. The first kappa shape index (κ1) is 19.0. The van der Waals surface area contributed by atoms with Gasteiger partial charge in [0, 0.05) is 36.1 Å². The molecule has 2 aromatic heterocycles. The van der Waals surface area contributed by atoms with Crippen LogP contribution < -0.4 is 10.3 Å². The fraction of sp³-hybridized carbons (Fsp3) is 0.222. The number of rotatable bonds is 5. The molecule has 0 saturated heterocycles. The van der Waals surface area contributed by atoms with Crippen molar-refractivity contribution < 1.29 is 17.9 Å². The number of ether oxygens (including phenoxy) is 1. The molecule has 0 amide bonds. The summed E-state index contributed by atoms with van der Waals surface area (Å²) in [6, 6.07) is 6.83. The molecular formula is C18H15ClF3N3O2. The van der Waals surface area contributed by atoms with Crippen LogP contribution in [0.4, 0.5) is 13.2 Å². The van der Waals surface area contributed by atoms with E-state index in [0.29, 0.717) is 23.4 Å². The Bertz CT molecular complexity index is 1010. The Balaban J connectivity index is 1.90. The van der Waals surface area contributed by atoms with Crippen LogP contribution in [0, 0.1) is 0 Å². The number of benzene rings is 1. The highest BCUT2D eigenvalue weighted by Crippen LogP contribution is 2.33. The molecule has 0 aliphatic carbocycles. The highest BCUT2D eigenvalue weighted by Gasteiger charge is 2.31. The Labute approximate surface area is 157 Å². The number of aromatic nitrogens is 3. The zero-order valence-electron chi connectivity index (χ0n) is 14.2. The normalized spacial score (nSPS) is 11.6. The monoisotopic (exact) mass is 397 g/mol. The predicted molar refractivity (Wildman–Crippen MR) is 95.2 cm³/mol. The van der Waals surface area contributed by atoms with Crippen molar-refractivity contribution in [2.75, 3.05) is 0 Å². The van der Waals surface area contributed by atoms with Crippen molar-refractivity contribution in [1.82, 2.24) is 14.3 Å². The van der Waals surface area contributed by atoms with E-state index in [1.807, 2.05) is 6.92 Å². The van der Waals surface area contributed by atoms with Crippen molar-refractivity contribution in [2.24, 2.45) is 0 Å². The molecule has 3 rings (SSSR count). The average molecular weight is 398 g/mol. The summed E-state index contributed by atoms with van der Waals surface area (Å²) in [6.07, 6.45) is 0.958. The fourth-order valence-corrected chi connectivity index (χ4v) is 2.88. The highest BCUT2D eigenvalue weighted by atomic mass is 35.5. The van der Waals surface area contributed by atoms with Gasteiger partial charge in [0.25, 0.3) is 5.56 Å². The number of halogens is 4. The highest BCUT2D eigenvalue weighted by molar-refractivity contribution is 6.33. The van der Waals surface area contributed by atoms with Crippen molar-refractivity contribution in [3.63, 3.8) is 0 Å². The molecule has 0 aliphatic rings. The van der Waals surface area contributed by atoms with Crippen LogP contribution in [0.25, 0.3) is 16.8 Å². The molecule has 2 heterocycles. The van der Waals surface area contributed by atoms with Gasteiger partial charge < -0.3 is 9.30 Å². The quantitative estimate of drug-likeness (QED) is 0.629. The molecule has 0 aliphatic heterocycles. The van der Waals surface area contributed by atoms with E-state index in [-0.39, 0.29) is 10.6 Å². The first-order valence-corrected chi connectivity index (χ1v) is 8.46.